The van der Waals surface area contributed by atoms with Gasteiger partial charge < -0.3 is 14.1 Å². The number of rotatable bonds is 9. The van der Waals surface area contributed by atoms with Gasteiger partial charge >= 0.3 is 0 Å². The third-order valence-electron chi connectivity index (χ3n) is 4.92. The highest BCUT2D eigenvalue weighted by Gasteiger charge is 2.18. The van der Waals surface area contributed by atoms with Gasteiger partial charge in [-0.3, -0.25) is 4.79 Å². The number of furan rings is 1. The Morgan fingerprint density at radius 3 is 2.24 bits per heavy atom. The van der Waals surface area contributed by atoms with E-state index >= 15 is 0 Å². The molecule has 0 fully saturated rings. The van der Waals surface area contributed by atoms with Crippen molar-refractivity contribution in [1.82, 2.24) is 4.90 Å². The average molecular weight is 392 g/mol. The molecule has 1 aromatic heterocycles. The van der Waals surface area contributed by atoms with E-state index in [1.54, 1.807) is 13.2 Å². The minimum atomic E-state index is 0.0499. The zero-order valence-electron chi connectivity index (χ0n) is 17.4. The Morgan fingerprint density at radius 2 is 1.66 bits per heavy atom. The van der Waals surface area contributed by atoms with Gasteiger partial charge in [0, 0.05) is 19.4 Å². The van der Waals surface area contributed by atoms with Crippen molar-refractivity contribution in [3.8, 4) is 5.75 Å². The summed E-state index contributed by atoms with van der Waals surface area (Å²) in [6, 6.07) is 22.5. The summed E-state index contributed by atoms with van der Waals surface area (Å²) in [4.78, 5) is 14.0. The van der Waals surface area contributed by atoms with Crippen LogP contribution in [-0.4, -0.2) is 23.5 Å². The molecule has 1 heterocycles. The smallest absolute Gasteiger partial charge is 0.219 e. The fraction of sp³-hybridized carbons (Fsp3) is 0.320. The SMILES string of the molecule is CC(=O)N(CC[C@@H](c1ccccc1)c1ccc(OC(C)C)cc1)Cc1ccco1. The summed E-state index contributed by atoms with van der Waals surface area (Å²) in [5, 5.41) is 0. The Bertz CT molecular complexity index is 870. The fourth-order valence-corrected chi connectivity index (χ4v) is 3.49. The lowest BCUT2D eigenvalue weighted by molar-refractivity contribution is -0.129. The molecule has 0 unspecified atom stereocenters. The van der Waals surface area contributed by atoms with E-state index in [4.69, 9.17) is 9.15 Å². The molecule has 29 heavy (non-hydrogen) atoms. The maximum absolute atomic E-state index is 12.2. The summed E-state index contributed by atoms with van der Waals surface area (Å²) in [6.45, 7) is 6.80. The molecule has 0 saturated heterocycles. The lowest BCUT2D eigenvalue weighted by Crippen LogP contribution is -2.30. The summed E-state index contributed by atoms with van der Waals surface area (Å²) in [5.41, 5.74) is 2.46. The molecule has 0 bridgehead atoms. The summed E-state index contributed by atoms with van der Waals surface area (Å²) >= 11 is 0. The van der Waals surface area contributed by atoms with Gasteiger partial charge in [-0.25, -0.2) is 0 Å². The molecule has 4 nitrogen and oxygen atoms in total. The second-order valence-corrected chi connectivity index (χ2v) is 7.51. The summed E-state index contributed by atoms with van der Waals surface area (Å²) in [7, 11) is 0. The van der Waals surface area contributed by atoms with Gasteiger partial charge in [0.25, 0.3) is 0 Å². The molecule has 0 aliphatic carbocycles. The molecule has 0 radical (unpaired) electrons. The first-order chi connectivity index (χ1) is 14.0. The Balaban J connectivity index is 1.77. The van der Waals surface area contributed by atoms with Crippen LogP contribution >= 0.6 is 0 Å². The van der Waals surface area contributed by atoms with Gasteiger partial charge in [0.1, 0.15) is 11.5 Å². The van der Waals surface area contributed by atoms with Gasteiger partial charge in [-0.15, -0.1) is 0 Å². The van der Waals surface area contributed by atoms with E-state index in [1.165, 1.54) is 11.1 Å². The number of nitrogens with zero attached hydrogens (tertiary/aromatic N) is 1. The second kappa shape index (κ2) is 9.97. The van der Waals surface area contributed by atoms with Crippen LogP contribution in [0.3, 0.4) is 0 Å². The van der Waals surface area contributed by atoms with Gasteiger partial charge in [0.15, 0.2) is 0 Å². The number of hydrogen-bond donors (Lipinski definition) is 0. The first kappa shape index (κ1) is 20.7. The van der Waals surface area contributed by atoms with Crippen molar-refractivity contribution in [1.29, 1.82) is 0 Å². The molecule has 152 valence electrons. The summed E-state index contributed by atoms with van der Waals surface area (Å²) < 4.78 is 11.2. The maximum atomic E-state index is 12.2. The monoisotopic (exact) mass is 391 g/mol. The molecule has 4 heteroatoms. The van der Waals surface area contributed by atoms with Gasteiger partial charge in [-0.05, 0) is 55.7 Å². The molecule has 0 N–H and O–H groups in total. The normalized spacial score (nSPS) is 12.0. The predicted octanol–water partition coefficient (Wildman–Crippen LogP) is 5.64. The highest BCUT2D eigenvalue weighted by molar-refractivity contribution is 5.73. The van der Waals surface area contributed by atoms with E-state index in [1.807, 2.05) is 49.1 Å². The van der Waals surface area contributed by atoms with Crippen LogP contribution in [-0.2, 0) is 11.3 Å². The second-order valence-electron chi connectivity index (χ2n) is 7.51. The van der Waals surface area contributed by atoms with Crippen LogP contribution in [0, 0.1) is 0 Å². The van der Waals surface area contributed by atoms with Crippen molar-refractivity contribution < 1.29 is 13.9 Å². The topological polar surface area (TPSA) is 42.7 Å². The van der Waals surface area contributed by atoms with Crippen LogP contribution in [0.4, 0.5) is 0 Å². The van der Waals surface area contributed by atoms with Crippen molar-refractivity contribution in [2.75, 3.05) is 6.54 Å². The highest BCUT2D eigenvalue weighted by Crippen LogP contribution is 2.30. The van der Waals surface area contributed by atoms with Gasteiger partial charge in [-0.1, -0.05) is 42.5 Å². The van der Waals surface area contributed by atoms with Crippen molar-refractivity contribution in [3.63, 3.8) is 0 Å². The van der Waals surface area contributed by atoms with Gasteiger partial charge in [0.05, 0.1) is 18.9 Å². The van der Waals surface area contributed by atoms with E-state index in [0.29, 0.717) is 13.1 Å². The van der Waals surface area contributed by atoms with E-state index in [2.05, 4.69) is 36.4 Å². The number of benzene rings is 2. The van der Waals surface area contributed by atoms with Crippen LogP contribution in [0.5, 0.6) is 5.75 Å². The summed E-state index contributed by atoms with van der Waals surface area (Å²) in [5.74, 6) is 1.92. The minimum Gasteiger partial charge on any atom is -0.491 e. The third kappa shape index (κ3) is 5.98. The number of ether oxygens (including phenoxy) is 1. The average Bonchev–Trinajstić information content (AvgIpc) is 3.22. The Labute approximate surface area is 173 Å². The number of carbonyl (C=O) groups is 1. The molecule has 0 saturated carbocycles. The highest BCUT2D eigenvalue weighted by atomic mass is 16.5. The molecule has 3 aromatic rings. The molecule has 1 atom stereocenters. The molecular formula is C25H29NO3. The molecular weight excluding hydrogens is 362 g/mol. The fourth-order valence-electron chi connectivity index (χ4n) is 3.49. The van der Waals surface area contributed by atoms with Gasteiger partial charge in [0.2, 0.25) is 5.91 Å². The van der Waals surface area contributed by atoms with Crippen LogP contribution in [0.2, 0.25) is 0 Å². The Morgan fingerprint density at radius 1 is 0.966 bits per heavy atom. The van der Waals surface area contributed by atoms with Crippen LogP contribution in [0.25, 0.3) is 0 Å². The quantitative estimate of drug-likeness (QED) is 0.474. The largest absolute Gasteiger partial charge is 0.491 e. The molecule has 0 aliphatic rings. The first-order valence-corrected chi connectivity index (χ1v) is 10.1. The van der Waals surface area contributed by atoms with Crippen LogP contribution in [0.1, 0.15) is 50.0 Å². The first-order valence-electron chi connectivity index (χ1n) is 10.1. The molecule has 3 rings (SSSR count). The lowest BCUT2D eigenvalue weighted by Gasteiger charge is -2.24. The molecule has 2 aromatic carbocycles. The van der Waals surface area contributed by atoms with Gasteiger partial charge in [-0.2, -0.15) is 0 Å². The van der Waals surface area contributed by atoms with Crippen LogP contribution in [0.15, 0.2) is 77.4 Å². The molecule has 0 aliphatic heterocycles. The third-order valence-corrected chi connectivity index (χ3v) is 4.92. The number of amides is 1. The lowest BCUT2D eigenvalue weighted by atomic mass is 9.88. The standard InChI is InChI=1S/C25H29NO3/c1-19(2)29-23-13-11-22(12-14-23)25(21-8-5-4-6-9-21)15-16-26(20(3)27)18-24-10-7-17-28-24/h4-14,17,19,25H,15-16,18H2,1-3H3/t25-/m0/s1. The van der Waals surface area contributed by atoms with E-state index in [0.717, 1.165) is 17.9 Å². The number of hydrogen-bond acceptors (Lipinski definition) is 3. The summed E-state index contributed by atoms with van der Waals surface area (Å²) in [6.07, 6.45) is 2.62. The Hall–Kier alpha value is -3.01. The van der Waals surface area contributed by atoms with Crippen LogP contribution < -0.4 is 4.74 Å². The minimum absolute atomic E-state index is 0.0499. The molecule has 0 spiro atoms. The number of carbonyl (C=O) groups excluding carboxylic acids is 1. The van der Waals surface area contributed by atoms with Crippen molar-refractivity contribution >= 4 is 5.91 Å². The van der Waals surface area contributed by atoms with Crippen molar-refractivity contribution in [3.05, 3.63) is 89.9 Å². The zero-order chi connectivity index (χ0) is 20.6. The van der Waals surface area contributed by atoms with E-state index in [9.17, 15) is 4.79 Å². The predicted molar refractivity (Wildman–Crippen MR) is 115 cm³/mol. The van der Waals surface area contributed by atoms with E-state index in [-0.39, 0.29) is 17.9 Å². The zero-order valence-corrected chi connectivity index (χ0v) is 17.4. The van der Waals surface area contributed by atoms with Crippen molar-refractivity contribution in [2.45, 2.75) is 45.8 Å². The molecule has 1 amide bonds. The van der Waals surface area contributed by atoms with E-state index < -0.39 is 0 Å². The maximum Gasteiger partial charge on any atom is 0.219 e. The Kier molecular flexibility index (Phi) is 7.12. The van der Waals surface area contributed by atoms with Crippen molar-refractivity contribution in [2.24, 2.45) is 0 Å².